The first-order valence-corrected chi connectivity index (χ1v) is 5.16. The Morgan fingerprint density at radius 2 is 2.00 bits per heavy atom. The predicted octanol–water partition coefficient (Wildman–Crippen LogP) is -1.30. The number of rotatable bonds is 2. The Balaban J connectivity index is 0.00000128. The van der Waals surface area contributed by atoms with Crippen LogP contribution in [0.5, 0.6) is 0 Å². The van der Waals surface area contributed by atoms with E-state index in [2.05, 4.69) is 6.08 Å². The molecule has 1 heterocycles. The summed E-state index contributed by atoms with van der Waals surface area (Å²) in [6.45, 7) is 0. The summed E-state index contributed by atoms with van der Waals surface area (Å²) in [5.74, 6) is -0.908. The van der Waals surface area contributed by atoms with E-state index >= 15 is 0 Å². The SMILES string of the molecule is O=C(O)C1CCC=C([n+]2ccccc2)C1.[Br-]. The highest BCUT2D eigenvalue weighted by molar-refractivity contribution is 5.72. The van der Waals surface area contributed by atoms with Crippen molar-refractivity contribution in [2.24, 2.45) is 5.92 Å². The summed E-state index contributed by atoms with van der Waals surface area (Å²) < 4.78 is 2.00. The van der Waals surface area contributed by atoms with Gasteiger partial charge in [-0.25, -0.2) is 0 Å². The van der Waals surface area contributed by atoms with Gasteiger partial charge < -0.3 is 22.1 Å². The van der Waals surface area contributed by atoms with Crippen LogP contribution >= 0.6 is 0 Å². The minimum Gasteiger partial charge on any atom is -1.00 e. The van der Waals surface area contributed by atoms with E-state index in [0.29, 0.717) is 6.42 Å². The van der Waals surface area contributed by atoms with Crippen molar-refractivity contribution in [3.05, 3.63) is 36.7 Å². The van der Waals surface area contributed by atoms with Gasteiger partial charge in [-0.2, -0.15) is 4.57 Å². The zero-order chi connectivity index (χ0) is 10.7. The Morgan fingerprint density at radius 3 is 2.62 bits per heavy atom. The summed E-state index contributed by atoms with van der Waals surface area (Å²) in [7, 11) is 0. The summed E-state index contributed by atoms with van der Waals surface area (Å²) >= 11 is 0. The van der Waals surface area contributed by atoms with E-state index in [4.69, 9.17) is 5.11 Å². The van der Waals surface area contributed by atoms with Crippen LogP contribution in [0.2, 0.25) is 0 Å². The molecule has 0 radical (unpaired) electrons. The molecular weight excluding hydrogens is 270 g/mol. The summed E-state index contributed by atoms with van der Waals surface area (Å²) in [5.41, 5.74) is 1.09. The minimum atomic E-state index is -0.683. The van der Waals surface area contributed by atoms with Gasteiger partial charge in [-0.05, 0) is 18.9 Å². The molecule has 0 saturated carbocycles. The number of aliphatic carboxylic acids is 1. The van der Waals surface area contributed by atoms with Crippen LogP contribution in [0.3, 0.4) is 0 Å². The summed E-state index contributed by atoms with van der Waals surface area (Å²) in [6.07, 6.45) is 8.27. The Morgan fingerprint density at radius 1 is 1.31 bits per heavy atom. The van der Waals surface area contributed by atoms with E-state index in [1.165, 1.54) is 0 Å². The third kappa shape index (κ3) is 2.92. The fraction of sp³-hybridized carbons (Fsp3) is 0.333. The Bertz CT molecular complexity index is 389. The maximum atomic E-state index is 10.9. The van der Waals surface area contributed by atoms with Crippen molar-refractivity contribution in [1.29, 1.82) is 0 Å². The summed E-state index contributed by atoms with van der Waals surface area (Å²) in [6, 6.07) is 5.85. The molecule has 0 saturated heterocycles. The van der Waals surface area contributed by atoms with Gasteiger partial charge in [0.15, 0.2) is 18.1 Å². The van der Waals surface area contributed by atoms with Crippen molar-refractivity contribution < 1.29 is 31.4 Å². The molecule has 2 rings (SSSR count). The lowest BCUT2D eigenvalue weighted by Crippen LogP contribution is -3.00. The molecule has 1 aromatic rings. The highest BCUT2D eigenvalue weighted by Gasteiger charge is 2.26. The van der Waals surface area contributed by atoms with Crippen molar-refractivity contribution in [2.45, 2.75) is 19.3 Å². The van der Waals surface area contributed by atoms with Gasteiger partial charge in [-0.15, -0.1) is 0 Å². The maximum Gasteiger partial charge on any atom is 0.307 e. The van der Waals surface area contributed by atoms with Gasteiger partial charge in [-0.3, -0.25) is 4.79 Å². The van der Waals surface area contributed by atoms with Crippen molar-refractivity contribution in [1.82, 2.24) is 0 Å². The van der Waals surface area contributed by atoms with E-state index in [0.717, 1.165) is 18.5 Å². The van der Waals surface area contributed by atoms with Crippen LogP contribution in [0, 0.1) is 5.92 Å². The number of halogens is 1. The quantitative estimate of drug-likeness (QED) is 0.686. The zero-order valence-corrected chi connectivity index (χ0v) is 10.4. The van der Waals surface area contributed by atoms with E-state index in [-0.39, 0.29) is 22.9 Å². The largest absolute Gasteiger partial charge is 1.00 e. The number of pyridine rings is 1. The van der Waals surface area contributed by atoms with Gasteiger partial charge >= 0.3 is 5.97 Å². The molecule has 1 unspecified atom stereocenters. The highest BCUT2D eigenvalue weighted by Crippen LogP contribution is 2.23. The molecule has 1 atom stereocenters. The normalized spacial score (nSPS) is 19.5. The number of nitrogens with zero attached hydrogens (tertiary/aromatic N) is 1. The topological polar surface area (TPSA) is 41.2 Å². The zero-order valence-electron chi connectivity index (χ0n) is 8.84. The first-order chi connectivity index (χ1) is 7.27. The van der Waals surface area contributed by atoms with Gasteiger partial charge in [0.1, 0.15) is 0 Å². The predicted molar refractivity (Wildman–Crippen MR) is 55.9 cm³/mol. The van der Waals surface area contributed by atoms with Gasteiger partial charge in [0.25, 0.3) is 0 Å². The van der Waals surface area contributed by atoms with Crippen LogP contribution in [0.15, 0.2) is 36.7 Å². The minimum absolute atomic E-state index is 0. The molecule has 0 aromatic carbocycles. The monoisotopic (exact) mass is 283 g/mol. The first kappa shape index (κ1) is 12.9. The molecule has 3 nitrogen and oxygen atoms in total. The van der Waals surface area contributed by atoms with E-state index in [1.54, 1.807) is 0 Å². The number of carbonyl (C=O) groups is 1. The fourth-order valence-electron chi connectivity index (χ4n) is 1.90. The molecule has 1 aliphatic rings. The standard InChI is InChI=1S/C12H13NO2.BrH/c14-12(15)10-5-4-6-11(9-10)13-7-2-1-3-8-13;/h1-3,6-8,10H,4-5,9H2;1H. The van der Waals surface area contributed by atoms with Crippen molar-refractivity contribution in [3.8, 4) is 0 Å². The molecular formula is C12H14BrNO2. The average molecular weight is 284 g/mol. The molecule has 0 bridgehead atoms. The molecule has 4 heteroatoms. The Hall–Kier alpha value is -1.16. The molecule has 0 amide bonds. The van der Waals surface area contributed by atoms with Crippen LogP contribution in [0.25, 0.3) is 5.70 Å². The van der Waals surface area contributed by atoms with Crippen molar-refractivity contribution in [3.63, 3.8) is 0 Å². The Kier molecular flexibility index (Phi) is 4.68. The van der Waals surface area contributed by atoms with Crippen LogP contribution < -0.4 is 21.5 Å². The van der Waals surface area contributed by atoms with Crippen LogP contribution in [0.4, 0.5) is 0 Å². The number of carboxylic acid groups (broad SMARTS) is 1. The number of carboxylic acids is 1. The molecule has 1 aliphatic carbocycles. The number of hydrogen-bond donors (Lipinski definition) is 1. The molecule has 0 fully saturated rings. The van der Waals surface area contributed by atoms with Crippen LogP contribution in [-0.2, 0) is 4.79 Å². The molecule has 0 aliphatic heterocycles. The van der Waals surface area contributed by atoms with Gasteiger partial charge in [0.05, 0.1) is 5.92 Å². The van der Waals surface area contributed by atoms with Crippen molar-refractivity contribution in [2.75, 3.05) is 0 Å². The number of aromatic nitrogens is 1. The maximum absolute atomic E-state index is 10.9. The van der Waals surface area contributed by atoms with E-state index in [1.807, 2.05) is 35.2 Å². The van der Waals surface area contributed by atoms with Crippen LogP contribution in [0.1, 0.15) is 19.3 Å². The first-order valence-electron chi connectivity index (χ1n) is 5.16. The smallest absolute Gasteiger partial charge is 0.307 e. The summed E-state index contributed by atoms with van der Waals surface area (Å²) in [5, 5.41) is 8.97. The van der Waals surface area contributed by atoms with Gasteiger partial charge in [-0.1, -0.05) is 6.07 Å². The van der Waals surface area contributed by atoms with Crippen LogP contribution in [-0.4, -0.2) is 11.1 Å². The second-order valence-corrected chi connectivity index (χ2v) is 3.79. The molecule has 1 aromatic heterocycles. The lowest BCUT2D eigenvalue weighted by atomic mass is 9.92. The highest BCUT2D eigenvalue weighted by atomic mass is 79.9. The third-order valence-corrected chi connectivity index (χ3v) is 2.75. The second-order valence-electron chi connectivity index (χ2n) is 3.79. The average Bonchev–Trinajstić information content (AvgIpc) is 2.30. The van der Waals surface area contributed by atoms with Crippen molar-refractivity contribution >= 4 is 11.7 Å². The molecule has 1 N–H and O–H groups in total. The molecule has 86 valence electrons. The molecule has 0 spiro atoms. The lowest BCUT2D eigenvalue weighted by Gasteiger charge is -2.14. The third-order valence-electron chi connectivity index (χ3n) is 2.75. The van der Waals surface area contributed by atoms with E-state index in [9.17, 15) is 4.79 Å². The summed E-state index contributed by atoms with van der Waals surface area (Å²) in [4.78, 5) is 10.9. The fourth-order valence-corrected chi connectivity index (χ4v) is 1.90. The Labute approximate surface area is 105 Å². The van der Waals surface area contributed by atoms with Gasteiger partial charge in [0, 0.05) is 18.6 Å². The lowest BCUT2D eigenvalue weighted by molar-refractivity contribution is -0.584. The number of allylic oxidation sites excluding steroid dienone is 2. The van der Waals surface area contributed by atoms with Gasteiger partial charge in [0.2, 0.25) is 0 Å². The van der Waals surface area contributed by atoms with E-state index < -0.39 is 5.97 Å². The molecule has 16 heavy (non-hydrogen) atoms. The second kappa shape index (κ2) is 5.80. The number of hydrogen-bond acceptors (Lipinski definition) is 1.